The molecule has 0 saturated carbocycles. The van der Waals surface area contributed by atoms with Gasteiger partial charge in [0.2, 0.25) is 0 Å². The molecule has 1 saturated heterocycles. The van der Waals surface area contributed by atoms with Crippen LogP contribution in [0.1, 0.15) is 19.8 Å². The number of hydrogen-bond acceptors (Lipinski definition) is 2. The van der Waals surface area contributed by atoms with Gasteiger partial charge in [0.1, 0.15) is 6.10 Å². The minimum absolute atomic E-state index is 0.120. The summed E-state index contributed by atoms with van der Waals surface area (Å²) >= 11 is 0. The molecule has 2 heteroatoms. The van der Waals surface area contributed by atoms with E-state index in [-0.39, 0.29) is 6.10 Å². The molecule has 0 spiro atoms. The second-order valence-electron chi connectivity index (χ2n) is 2.14. The van der Waals surface area contributed by atoms with Gasteiger partial charge in [-0.15, -0.1) is 0 Å². The Hall–Kier alpha value is -0.550. The molecule has 0 unspecified atom stereocenters. The Balaban J connectivity index is 2.35. The first-order valence-corrected chi connectivity index (χ1v) is 2.88. The van der Waals surface area contributed by atoms with Gasteiger partial charge >= 0.3 is 0 Å². The third-order valence-corrected chi connectivity index (χ3v) is 1.38. The van der Waals surface area contributed by atoms with Gasteiger partial charge in [0, 0.05) is 0 Å². The van der Waals surface area contributed by atoms with E-state index in [2.05, 4.69) is 6.07 Å². The van der Waals surface area contributed by atoms with Crippen molar-refractivity contribution in [2.45, 2.75) is 32.0 Å². The van der Waals surface area contributed by atoms with Crippen LogP contribution in [0.25, 0.3) is 0 Å². The fourth-order valence-electron chi connectivity index (χ4n) is 0.898. The Morgan fingerprint density at radius 3 is 2.62 bits per heavy atom. The first-order valence-electron chi connectivity index (χ1n) is 2.88. The van der Waals surface area contributed by atoms with Crippen molar-refractivity contribution >= 4 is 0 Å². The van der Waals surface area contributed by atoms with Crippen LogP contribution in [-0.2, 0) is 4.74 Å². The Kier molecular flexibility index (Phi) is 1.50. The topological polar surface area (TPSA) is 33.0 Å². The average molecular weight is 111 g/mol. The van der Waals surface area contributed by atoms with Crippen molar-refractivity contribution in [3.63, 3.8) is 0 Å². The minimum atomic E-state index is -0.120. The summed E-state index contributed by atoms with van der Waals surface area (Å²) in [6.07, 6.45) is 2.14. The Morgan fingerprint density at radius 1 is 1.62 bits per heavy atom. The maximum absolute atomic E-state index is 8.31. The van der Waals surface area contributed by atoms with Crippen molar-refractivity contribution < 1.29 is 4.74 Å². The van der Waals surface area contributed by atoms with Crippen LogP contribution >= 0.6 is 0 Å². The van der Waals surface area contributed by atoms with E-state index in [9.17, 15) is 0 Å². The molecular weight excluding hydrogens is 102 g/mol. The molecule has 0 aromatic heterocycles. The first-order chi connectivity index (χ1) is 3.83. The van der Waals surface area contributed by atoms with Crippen LogP contribution in [-0.4, -0.2) is 12.2 Å². The second kappa shape index (κ2) is 2.15. The van der Waals surface area contributed by atoms with Gasteiger partial charge in [-0.2, -0.15) is 5.26 Å². The van der Waals surface area contributed by atoms with Gasteiger partial charge in [-0.1, -0.05) is 0 Å². The van der Waals surface area contributed by atoms with Crippen molar-refractivity contribution in [3.8, 4) is 6.07 Å². The number of nitrogens with zero attached hydrogens (tertiary/aromatic N) is 1. The Bertz CT molecular complexity index is 116. The predicted octanol–water partition coefficient (Wildman–Crippen LogP) is 1.08. The zero-order valence-electron chi connectivity index (χ0n) is 4.92. The summed E-state index contributed by atoms with van der Waals surface area (Å²) in [5.74, 6) is 0. The van der Waals surface area contributed by atoms with E-state index in [1.165, 1.54) is 0 Å². The molecule has 0 N–H and O–H groups in total. The predicted molar refractivity (Wildman–Crippen MR) is 29.2 cm³/mol. The van der Waals surface area contributed by atoms with E-state index in [0.29, 0.717) is 6.10 Å². The summed E-state index contributed by atoms with van der Waals surface area (Å²) in [5, 5.41) is 8.31. The molecule has 1 rings (SSSR count). The summed E-state index contributed by atoms with van der Waals surface area (Å²) in [4.78, 5) is 0. The Labute approximate surface area is 49.1 Å². The van der Waals surface area contributed by atoms with Crippen LogP contribution in [0.4, 0.5) is 0 Å². The van der Waals surface area contributed by atoms with E-state index in [1.54, 1.807) is 0 Å². The zero-order valence-corrected chi connectivity index (χ0v) is 4.92. The van der Waals surface area contributed by atoms with Crippen molar-refractivity contribution in [2.75, 3.05) is 0 Å². The van der Waals surface area contributed by atoms with E-state index >= 15 is 0 Å². The molecule has 1 aliphatic heterocycles. The summed E-state index contributed by atoms with van der Waals surface area (Å²) < 4.78 is 5.15. The molecule has 0 aromatic carbocycles. The van der Waals surface area contributed by atoms with Crippen LogP contribution < -0.4 is 0 Å². The molecule has 1 heterocycles. The van der Waals surface area contributed by atoms with Gasteiger partial charge in [0.05, 0.1) is 12.2 Å². The number of ether oxygens (including phenoxy) is 1. The second-order valence-corrected chi connectivity index (χ2v) is 2.14. The average Bonchev–Trinajstić information content (AvgIpc) is 2.14. The normalized spacial score (nSPS) is 37.0. The van der Waals surface area contributed by atoms with Gasteiger partial charge in [0.25, 0.3) is 0 Å². The standard InChI is InChI=1S/C6H9NO/c1-5-2-3-6(4-7)8-5/h5-6H,2-3H2,1H3/t5-,6+/m1/s1. The van der Waals surface area contributed by atoms with E-state index in [0.717, 1.165) is 12.8 Å². The van der Waals surface area contributed by atoms with E-state index in [4.69, 9.17) is 10.00 Å². The lowest BCUT2D eigenvalue weighted by atomic mass is 10.2. The highest BCUT2D eigenvalue weighted by Crippen LogP contribution is 2.17. The molecule has 0 amide bonds. The smallest absolute Gasteiger partial charge is 0.144 e. The third-order valence-electron chi connectivity index (χ3n) is 1.38. The summed E-state index contributed by atoms with van der Waals surface area (Å²) in [6, 6.07) is 2.07. The van der Waals surface area contributed by atoms with E-state index < -0.39 is 0 Å². The minimum Gasteiger partial charge on any atom is -0.360 e. The highest BCUT2D eigenvalue weighted by Gasteiger charge is 2.20. The molecule has 44 valence electrons. The summed E-state index contributed by atoms with van der Waals surface area (Å²) in [7, 11) is 0. The van der Waals surface area contributed by atoms with Crippen molar-refractivity contribution in [3.05, 3.63) is 0 Å². The summed E-state index contributed by atoms with van der Waals surface area (Å²) in [6.45, 7) is 2.00. The zero-order chi connectivity index (χ0) is 5.98. The van der Waals surface area contributed by atoms with Crippen LogP contribution in [0.5, 0.6) is 0 Å². The fourth-order valence-corrected chi connectivity index (χ4v) is 0.898. The lowest BCUT2D eigenvalue weighted by Crippen LogP contribution is -2.03. The first kappa shape index (κ1) is 5.58. The maximum Gasteiger partial charge on any atom is 0.144 e. The SMILES string of the molecule is C[C@@H]1CC[C@@H](C#N)O1. The monoisotopic (exact) mass is 111 g/mol. The van der Waals surface area contributed by atoms with Crippen molar-refractivity contribution in [1.29, 1.82) is 5.26 Å². The Morgan fingerprint density at radius 2 is 2.38 bits per heavy atom. The lowest BCUT2D eigenvalue weighted by molar-refractivity contribution is 0.0874. The van der Waals surface area contributed by atoms with E-state index in [1.807, 2.05) is 6.92 Å². The third kappa shape index (κ3) is 0.988. The highest BCUT2D eigenvalue weighted by atomic mass is 16.5. The van der Waals surface area contributed by atoms with Crippen molar-refractivity contribution in [1.82, 2.24) is 0 Å². The van der Waals surface area contributed by atoms with Gasteiger partial charge < -0.3 is 4.74 Å². The molecule has 8 heavy (non-hydrogen) atoms. The molecule has 1 aliphatic rings. The number of rotatable bonds is 0. The molecule has 1 fully saturated rings. The largest absolute Gasteiger partial charge is 0.360 e. The summed E-state index contributed by atoms with van der Waals surface area (Å²) in [5.41, 5.74) is 0. The van der Waals surface area contributed by atoms with Gasteiger partial charge in [-0.3, -0.25) is 0 Å². The molecule has 2 nitrogen and oxygen atoms in total. The molecule has 0 bridgehead atoms. The highest BCUT2D eigenvalue weighted by molar-refractivity contribution is 4.88. The molecule has 0 radical (unpaired) electrons. The molecule has 0 aliphatic carbocycles. The van der Waals surface area contributed by atoms with Crippen LogP contribution in [0, 0.1) is 11.3 Å². The van der Waals surface area contributed by atoms with Crippen LogP contribution in [0.2, 0.25) is 0 Å². The van der Waals surface area contributed by atoms with Gasteiger partial charge in [-0.05, 0) is 19.8 Å². The maximum atomic E-state index is 8.31. The number of hydrogen-bond donors (Lipinski definition) is 0. The van der Waals surface area contributed by atoms with Crippen LogP contribution in [0.15, 0.2) is 0 Å². The van der Waals surface area contributed by atoms with Crippen LogP contribution in [0.3, 0.4) is 0 Å². The van der Waals surface area contributed by atoms with Gasteiger partial charge in [-0.25, -0.2) is 0 Å². The number of nitriles is 1. The van der Waals surface area contributed by atoms with Crippen molar-refractivity contribution in [2.24, 2.45) is 0 Å². The lowest BCUT2D eigenvalue weighted by Gasteiger charge is -1.99. The molecular formula is C6H9NO. The molecule has 0 aromatic rings. The van der Waals surface area contributed by atoms with Gasteiger partial charge in [0.15, 0.2) is 0 Å². The quantitative estimate of drug-likeness (QED) is 0.468. The molecule has 2 atom stereocenters. The fraction of sp³-hybridized carbons (Fsp3) is 0.833.